The largest absolute Gasteiger partial charge is 0.371 e. The second-order valence-electron chi connectivity index (χ2n) is 3.70. The van der Waals surface area contributed by atoms with E-state index in [1.165, 1.54) is 13.0 Å². The Bertz CT molecular complexity index is 138. The topological polar surface area (TPSA) is 24.5 Å². The highest BCUT2D eigenvalue weighted by Crippen LogP contribution is 2.24. The molecule has 2 saturated heterocycles. The summed E-state index contributed by atoms with van der Waals surface area (Å²) in [7, 11) is 2.16. The van der Waals surface area contributed by atoms with Gasteiger partial charge in [0.1, 0.15) is 0 Å². The van der Waals surface area contributed by atoms with Crippen molar-refractivity contribution in [1.82, 2.24) is 10.2 Å². The molecule has 2 fully saturated rings. The number of likely N-dealkylation sites (N-methyl/N-ethyl adjacent to an activating group) is 1. The summed E-state index contributed by atoms with van der Waals surface area (Å²) in [5.41, 5.74) is 0.160. The molecule has 0 unspecified atom stereocenters. The van der Waals surface area contributed by atoms with Gasteiger partial charge < -0.3 is 15.0 Å². The molecule has 3 heteroatoms. The maximum Gasteiger partial charge on any atom is 0.0944 e. The summed E-state index contributed by atoms with van der Waals surface area (Å²) in [6.07, 6.45) is 1.19. The van der Waals surface area contributed by atoms with E-state index >= 15 is 0 Å². The average Bonchev–Trinajstić information content (AvgIpc) is 2.34. The Kier molecular flexibility index (Phi) is 1.87. The average molecular weight is 156 g/mol. The van der Waals surface area contributed by atoms with Crippen LogP contribution in [0.5, 0.6) is 0 Å². The molecule has 1 N–H and O–H groups in total. The maximum atomic E-state index is 5.79. The monoisotopic (exact) mass is 156 g/mol. The summed E-state index contributed by atoms with van der Waals surface area (Å²) in [6.45, 7) is 5.22. The number of rotatable bonds is 0. The van der Waals surface area contributed by atoms with Crippen LogP contribution in [0.2, 0.25) is 0 Å². The number of ether oxygens (including phenoxy) is 1. The van der Waals surface area contributed by atoms with Gasteiger partial charge in [-0.25, -0.2) is 0 Å². The van der Waals surface area contributed by atoms with E-state index in [1.54, 1.807) is 0 Å². The van der Waals surface area contributed by atoms with Gasteiger partial charge in [-0.05, 0) is 13.5 Å². The maximum absolute atomic E-state index is 5.79. The van der Waals surface area contributed by atoms with Crippen LogP contribution in [-0.4, -0.2) is 50.3 Å². The Labute approximate surface area is 67.7 Å². The molecule has 0 saturated carbocycles. The first-order chi connectivity index (χ1) is 5.31. The number of hydrogen-bond donors (Lipinski definition) is 1. The van der Waals surface area contributed by atoms with Crippen LogP contribution < -0.4 is 5.32 Å². The van der Waals surface area contributed by atoms with Gasteiger partial charge in [0.05, 0.1) is 12.2 Å². The quantitative estimate of drug-likeness (QED) is 0.520. The van der Waals surface area contributed by atoms with Crippen molar-refractivity contribution < 1.29 is 4.74 Å². The van der Waals surface area contributed by atoms with Crippen LogP contribution in [0.25, 0.3) is 0 Å². The van der Waals surface area contributed by atoms with Gasteiger partial charge in [0, 0.05) is 26.2 Å². The molecular weight excluding hydrogens is 140 g/mol. The van der Waals surface area contributed by atoms with Crippen molar-refractivity contribution in [2.45, 2.75) is 12.0 Å². The van der Waals surface area contributed by atoms with E-state index in [4.69, 9.17) is 4.74 Å². The predicted octanol–water partition coefficient (Wildman–Crippen LogP) is -0.319. The highest BCUT2D eigenvalue weighted by atomic mass is 16.5. The van der Waals surface area contributed by atoms with Crippen LogP contribution in [0.4, 0.5) is 0 Å². The Morgan fingerprint density at radius 2 is 2.45 bits per heavy atom. The number of morpholine rings is 1. The SMILES string of the molecule is CN1CC[C@@]2(CNCCO2)C1. The molecule has 0 aromatic carbocycles. The van der Waals surface area contributed by atoms with Gasteiger partial charge in [-0.15, -0.1) is 0 Å². The lowest BCUT2D eigenvalue weighted by Crippen LogP contribution is -2.51. The van der Waals surface area contributed by atoms with Crippen LogP contribution in [0.1, 0.15) is 6.42 Å². The Morgan fingerprint density at radius 1 is 1.55 bits per heavy atom. The molecule has 2 heterocycles. The molecule has 0 aromatic rings. The van der Waals surface area contributed by atoms with Crippen molar-refractivity contribution in [2.24, 2.45) is 0 Å². The number of hydrogen-bond acceptors (Lipinski definition) is 3. The Morgan fingerprint density at radius 3 is 3.00 bits per heavy atom. The van der Waals surface area contributed by atoms with Crippen LogP contribution in [-0.2, 0) is 4.74 Å². The fourth-order valence-electron chi connectivity index (χ4n) is 2.01. The summed E-state index contributed by atoms with van der Waals surface area (Å²) in [5.74, 6) is 0. The molecule has 0 bridgehead atoms. The third-order valence-electron chi connectivity index (χ3n) is 2.64. The summed E-state index contributed by atoms with van der Waals surface area (Å²) in [4.78, 5) is 2.34. The van der Waals surface area contributed by atoms with Crippen molar-refractivity contribution in [3.63, 3.8) is 0 Å². The molecule has 2 aliphatic rings. The lowest BCUT2D eigenvalue weighted by atomic mass is 10.0. The van der Waals surface area contributed by atoms with Gasteiger partial charge in [0.25, 0.3) is 0 Å². The minimum Gasteiger partial charge on any atom is -0.371 e. The first-order valence-electron chi connectivity index (χ1n) is 4.34. The number of nitrogens with one attached hydrogen (secondary N) is 1. The summed E-state index contributed by atoms with van der Waals surface area (Å²) in [5, 5.41) is 3.39. The highest BCUT2D eigenvalue weighted by Gasteiger charge is 2.38. The zero-order chi connectivity index (χ0) is 7.73. The standard InChI is InChI=1S/C8H16N2O/c1-10-4-2-8(7-10)6-9-3-5-11-8/h9H,2-7H2,1H3/t8-/m1/s1. The van der Waals surface area contributed by atoms with Gasteiger partial charge in [-0.1, -0.05) is 0 Å². The minimum atomic E-state index is 0.160. The molecule has 64 valence electrons. The molecule has 1 atom stereocenters. The summed E-state index contributed by atoms with van der Waals surface area (Å²) >= 11 is 0. The van der Waals surface area contributed by atoms with Crippen molar-refractivity contribution in [3.05, 3.63) is 0 Å². The van der Waals surface area contributed by atoms with Crippen LogP contribution in [0, 0.1) is 0 Å². The van der Waals surface area contributed by atoms with Gasteiger partial charge in [0.2, 0.25) is 0 Å². The van der Waals surface area contributed by atoms with Crippen LogP contribution in [0.15, 0.2) is 0 Å². The third-order valence-corrected chi connectivity index (χ3v) is 2.64. The second kappa shape index (κ2) is 2.73. The molecule has 2 aliphatic heterocycles. The van der Waals surface area contributed by atoms with Gasteiger partial charge in [0.15, 0.2) is 0 Å². The molecule has 0 aromatic heterocycles. The molecule has 2 rings (SSSR count). The zero-order valence-electron chi connectivity index (χ0n) is 7.10. The van der Waals surface area contributed by atoms with Gasteiger partial charge in [-0.3, -0.25) is 0 Å². The van der Waals surface area contributed by atoms with Crippen molar-refractivity contribution >= 4 is 0 Å². The molecule has 0 aliphatic carbocycles. The zero-order valence-corrected chi connectivity index (χ0v) is 7.10. The first-order valence-corrected chi connectivity index (χ1v) is 4.34. The lowest BCUT2D eigenvalue weighted by Gasteiger charge is -2.33. The van der Waals surface area contributed by atoms with Crippen molar-refractivity contribution in [2.75, 3.05) is 39.8 Å². The smallest absolute Gasteiger partial charge is 0.0944 e. The number of likely N-dealkylation sites (tertiary alicyclic amines) is 1. The van der Waals surface area contributed by atoms with E-state index in [9.17, 15) is 0 Å². The normalized spacial score (nSPS) is 40.1. The lowest BCUT2D eigenvalue weighted by molar-refractivity contribution is -0.0560. The fourth-order valence-corrected chi connectivity index (χ4v) is 2.01. The first kappa shape index (κ1) is 7.53. The Hall–Kier alpha value is -0.120. The molecule has 1 spiro atoms. The summed E-state index contributed by atoms with van der Waals surface area (Å²) in [6, 6.07) is 0. The molecule has 0 amide bonds. The van der Waals surface area contributed by atoms with E-state index in [0.29, 0.717) is 0 Å². The van der Waals surface area contributed by atoms with E-state index in [2.05, 4.69) is 17.3 Å². The Balaban J connectivity index is 1.98. The van der Waals surface area contributed by atoms with Crippen LogP contribution in [0.3, 0.4) is 0 Å². The van der Waals surface area contributed by atoms with Crippen molar-refractivity contribution in [1.29, 1.82) is 0 Å². The van der Waals surface area contributed by atoms with Gasteiger partial charge >= 0.3 is 0 Å². The van der Waals surface area contributed by atoms with E-state index < -0.39 is 0 Å². The predicted molar refractivity (Wildman–Crippen MR) is 43.7 cm³/mol. The van der Waals surface area contributed by atoms with Crippen molar-refractivity contribution in [3.8, 4) is 0 Å². The highest BCUT2D eigenvalue weighted by molar-refractivity contribution is 4.94. The van der Waals surface area contributed by atoms with Gasteiger partial charge in [-0.2, -0.15) is 0 Å². The summed E-state index contributed by atoms with van der Waals surface area (Å²) < 4.78 is 5.79. The molecule has 3 nitrogen and oxygen atoms in total. The number of nitrogens with zero attached hydrogens (tertiary/aromatic N) is 1. The van der Waals surface area contributed by atoms with Crippen LogP contribution >= 0.6 is 0 Å². The van der Waals surface area contributed by atoms with E-state index in [1.807, 2.05) is 0 Å². The molecule has 11 heavy (non-hydrogen) atoms. The molecular formula is C8H16N2O. The minimum absolute atomic E-state index is 0.160. The van der Waals surface area contributed by atoms with E-state index in [-0.39, 0.29) is 5.60 Å². The van der Waals surface area contributed by atoms with E-state index in [0.717, 1.165) is 26.2 Å². The molecule has 0 radical (unpaired) electrons. The third kappa shape index (κ3) is 1.41. The second-order valence-corrected chi connectivity index (χ2v) is 3.70. The fraction of sp³-hybridized carbons (Fsp3) is 1.00.